The lowest BCUT2D eigenvalue weighted by Gasteiger charge is -2.34. The number of nitrogens with one attached hydrogen (secondary N) is 2. The molecule has 0 radical (unpaired) electrons. The molecule has 2 aromatic carbocycles. The van der Waals surface area contributed by atoms with Crippen molar-refractivity contribution < 1.29 is 28.6 Å². The Morgan fingerprint density at radius 1 is 1.08 bits per heavy atom. The van der Waals surface area contributed by atoms with Crippen molar-refractivity contribution in [2.24, 2.45) is 11.8 Å². The minimum absolute atomic E-state index is 0.102. The molecular formula is C27H32FN3O5. The predicted molar refractivity (Wildman–Crippen MR) is 133 cm³/mol. The SMILES string of the molecule is CC(CC(=O)O)C1CCC(OC(=O)N2CCc3cc(NC(=O)Nc4ccccc4F)ccc3C2)CC1. The molecule has 3 amide bonds. The van der Waals surface area contributed by atoms with Crippen molar-refractivity contribution in [3.05, 3.63) is 59.4 Å². The largest absolute Gasteiger partial charge is 0.481 e. The summed E-state index contributed by atoms with van der Waals surface area (Å²) in [6.45, 7) is 2.93. The van der Waals surface area contributed by atoms with Crippen LogP contribution in [0.15, 0.2) is 42.5 Å². The number of anilines is 2. The van der Waals surface area contributed by atoms with Gasteiger partial charge < -0.3 is 25.4 Å². The zero-order chi connectivity index (χ0) is 25.7. The molecule has 0 spiro atoms. The highest BCUT2D eigenvalue weighted by molar-refractivity contribution is 5.99. The van der Waals surface area contributed by atoms with E-state index < -0.39 is 17.8 Å². The Bertz CT molecular complexity index is 1120. The van der Waals surface area contributed by atoms with E-state index in [2.05, 4.69) is 10.6 Å². The normalized spacial score (nSPS) is 20.1. The summed E-state index contributed by atoms with van der Waals surface area (Å²) in [6, 6.07) is 10.9. The molecule has 0 saturated heterocycles. The number of carboxylic acids is 1. The first-order valence-electron chi connectivity index (χ1n) is 12.4. The molecule has 1 heterocycles. The average molecular weight is 498 g/mol. The van der Waals surface area contributed by atoms with E-state index in [4.69, 9.17) is 9.84 Å². The Hall–Kier alpha value is -3.62. The van der Waals surface area contributed by atoms with Gasteiger partial charge in [0.25, 0.3) is 0 Å². The smallest absolute Gasteiger partial charge is 0.410 e. The Balaban J connectivity index is 1.26. The number of hydrogen-bond acceptors (Lipinski definition) is 4. The van der Waals surface area contributed by atoms with E-state index in [-0.39, 0.29) is 30.2 Å². The van der Waals surface area contributed by atoms with Gasteiger partial charge in [-0.3, -0.25) is 4.79 Å². The number of ether oxygens (including phenoxy) is 1. The first-order chi connectivity index (χ1) is 17.3. The number of halogens is 1. The van der Waals surface area contributed by atoms with E-state index in [0.717, 1.165) is 36.8 Å². The van der Waals surface area contributed by atoms with Crippen LogP contribution in [0, 0.1) is 17.7 Å². The zero-order valence-electron chi connectivity index (χ0n) is 20.3. The van der Waals surface area contributed by atoms with Crippen LogP contribution in [0.3, 0.4) is 0 Å². The Morgan fingerprint density at radius 2 is 1.83 bits per heavy atom. The number of carbonyl (C=O) groups is 3. The van der Waals surface area contributed by atoms with Gasteiger partial charge in [-0.15, -0.1) is 0 Å². The van der Waals surface area contributed by atoms with E-state index in [1.54, 1.807) is 23.1 Å². The lowest BCUT2D eigenvalue weighted by molar-refractivity contribution is -0.138. The number of amides is 3. The van der Waals surface area contributed by atoms with Crippen molar-refractivity contribution in [2.75, 3.05) is 17.2 Å². The molecule has 36 heavy (non-hydrogen) atoms. The van der Waals surface area contributed by atoms with E-state index >= 15 is 0 Å². The Morgan fingerprint density at radius 3 is 2.56 bits per heavy atom. The molecule has 192 valence electrons. The third-order valence-corrected chi connectivity index (χ3v) is 7.14. The van der Waals surface area contributed by atoms with E-state index in [0.29, 0.717) is 31.1 Å². The van der Waals surface area contributed by atoms with E-state index in [1.807, 2.05) is 19.1 Å². The Labute approximate surface area is 209 Å². The van der Waals surface area contributed by atoms with Crippen LogP contribution in [0.4, 0.5) is 25.4 Å². The number of urea groups is 1. The summed E-state index contributed by atoms with van der Waals surface area (Å²) >= 11 is 0. The summed E-state index contributed by atoms with van der Waals surface area (Å²) in [5.41, 5.74) is 2.72. The number of para-hydroxylation sites is 1. The molecule has 1 aliphatic heterocycles. The van der Waals surface area contributed by atoms with Crippen LogP contribution in [-0.4, -0.2) is 40.7 Å². The van der Waals surface area contributed by atoms with E-state index in [1.165, 1.54) is 12.1 Å². The molecule has 3 N–H and O–H groups in total. The number of fused-ring (bicyclic) bond motifs is 1. The molecule has 1 atom stereocenters. The van der Waals surface area contributed by atoms with Crippen molar-refractivity contribution >= 4 is 29.5 Å². The van der Waals surface area contributed by atoms with Gasteiger partial charge in [0.15, 0.2) is 0 Å². The first kappa shape index (κ1) is 25.5. The first-order valence-corrected chi connectivity index (χ1v) is 12.4. The lowest BCUT2D eigenvalue weighted by atomic mass is 9.78. The molecule has 1 fully saturated rings. The van der Waals surface area contributed by atoms with Gasteiger partial charge in [-0.1, -0.05) is 25.1 Å². The molecule has 4 rings (SSSR count). The third-order valence-electron chi connectivity index (χ3n) is 7.14. The van der Waals surface area contributed by atoms with Gasteiger partial charge in [-0.05, 0) is 79.3 Å². The highest BCUT2D eigenvalue weighted by Crippen LogP contribution is 2.33. The maximum Gasteiger partial charge on any atom is 0.410 e. The molecule has 1 unspecified atom stereocenters. The van der Waals surface area contributed by atoms with Gasteiger partial charge >= 0.3 is 18.1 Å². The molecule has 8 nitrogen and oxygen atoms in total. The molecule has 0 aromatic heterocycles. The van der Waals surface area contributed by atoms with Crippen molar-refractivity contribution in [1.29, 1.82) is 0 Å². The molecule has 1 saturated carbocycles. The summed E-state index contributed by atoms with van der Waals surface area (Å²) in [5, 5.41) is 14.2. The zero-order valence-corrected chi connectivity index (χ0v) is 20.3. The van der Waals surface area contributed by atoms with Gasteiger partial charge in [-0.2, -0.15) is 0 Å². The highest BCUT2D eigenvalue weighted by Gasteiger charge is 2.30. The summed E-state index contributed by atoms with van der Waals surface area (Å²) in [4.78, 5) is 37.7. The monoisotopic (exact) mass is 497 g/mol. The van der Waals surface area contributed by atoms with Crippen molar-refractivity contribution in [1.82, 2.24) is 4.90 Å². The molecule has 2 aromatic rings. The number of hydrogen-bond donors (Lipinski definition) is 3. The summed E-state index contributed by atoms with van der Waals surface area (Å²) < 4.78 is 19.5. The van der Waals surface area contributed by atoms with Crippen molar-refractivity contribution in [2.45, 2.75) is 58.1 Å². The van der Waals surface area contributed by atoms with Crippen LogP contribution in [0.5, 0.6) is 0 Å². The fraction of sp³-hybridized carbons (Fsp3) is 0.444. The number of carboxylic acid groups (broad SMARTS) is 1. The number of rotatable bonds is 6. The minimum atomic E-state index is -0.768. The molecule has 1 aliphatic carbocycles. The Kier molecular flexibility index (Phi) is 8.07. The second-order valence-electron chi connectivity index (χ2n) is 9.71. The van der Waals surface area contributed by atoms with Crippen molar-refractivity contribution in [3.63, 3.8) is 0 Å². The van der Waals surface area contributed by atoms with Crippen LogP contribution in [0.25, 0.3) is 0 Å². The van der Waals surface area contributed by atoms with Gasteiger partial charge in [0, 0.05) is 25.2 Å². The topological polar surface area (TPSA) is 108 Å². The quantitative estimate of drug-likeness (QED) is 0.479. The van der Waals surface area contributed by atoms with Gasteiger partial charge in [0.2, 0.25) is 0 Å². The van der Waals surface area contributed by atoms with E-state index in [9.17, 15) is 18.8 Å². The van der Waals surface area contributed by atoms with Gasteiger partial charge in [-0.25, -0.2) is 14.0 Å². The van der Waals surface area contributed by atoms with Gasteiger partial charge in [0.1, 0.15) is 11.9 Å². The fourth-order valence-corrected chi connectivity index (χ4v) is 5.07. The average Bonchev–Trinajstić information content (AvgIpc) is 2.85. The summed E-state index contributed by atoms with van der Waals surface area (Å²) in [7, 11) is 0. The third kappa shape index (κ3) is 6.53. The number of benzene rings is 2. The van der Waals surface area contributed by atoms with Crippen molar-refractivity contribution in [3.8, 4) is 0 Å². The van der Waals surface area contributed by atoms with Crippen LogP contribution in [-0.2, 0) is 22.5 Å². The fourth-order valence-electron chi connectivity index (χ4n) is 5.07. The highest BCUT2D eigenvalue weighted by atomic mass is 19.1. The van der Waals surface area contributed by atoms with Crippen LogP contribution in [0.2, 0.25) is 0 Å². The minimum Gasteiger partial charge on any atom is -0.481 e. The number of carbonyl (C=O) groups excluding carboxylic acids is 2. The maximum atomic E-state index is 13.7. The summed E-state index contributed by atoms with van der Waals surface area (Å²) in [6.07, 6.45) is 3.61. The molecule has 0 bridgehead atoms. The second-order valence-corrected chi connectivity index (χ2v) is 9.71. The predicted octanol–water partition coefficient (Wildman–Crippen LogP) is 5.63. The molecular weight excluding hydrogens is 465 g/mol. The standard InChI is InChI=1S/C27H32FN3O5/c1-17(14-25(32)33)18-7-10-22(11-8-18)36-27(35)31-13-12-19-15-21(9-6-20(19)16-31)29-26(34)30-24-5-3-2-4-23(24)28/h2-6,9,15,17-18,22H,7-8,10-14,16H2,1H3,(H,32,33)(H2,29,30,34). The number of aliphatic carboxylic acids is 1. The second kappa shape index (κ2) is 11.4. The molecule has 2 aliphatic rings. The summed E-state index contributed by atoms with van der Waals surface area (Å²) in [5.74, 6) is -0.793. The maximum absolute atomic E-state index is 13.7. The number of nitrogens with zero attached hydrogens (tertiary/aromatic N) is 1. The van der Waals surface area contributed by atoms with Crippen LogP contribution in [0.1, 0.15) is 50.2 Å². The van der Waals surface area contributed by atoms with Crippen LogP contribution < -0.4 is 10.6 Å². The lowest BCUT2D eigenvalue weighted by Crippen LogP contribution is -2.39. The van der Waals surface area contributed by atoms with Gasteiger partial charge in [0.05, 0.1) is 5.69 Å². The molecule has 9 heteroatoms. The van der Waals surface area contributed by atoms with Crippen LogP contribution >= 0.6 is 0 Å².